The van der Waals surface area contributed by atoms with Gasteiger partial charge >= 0.3 is 5.97 Å². The summed E-state index contributed by atoms with van der Waals surface area (Å²) in [7, 11) is 0. The van der Waals surface area contributed by atoms with Crippen molar-refractivity contribution < 1.29 is 14.3 Å². The van der Waals surface area contributed by atoms with Gasteiger partial charge in [-0.05, 0) is 24.4 Å². The Kier molecular flexibility index (Phi) is 3.57. The van der Waals surface area contributed by atoms with E-state index in [1.54, 1.807) is 0 Å². The van der Waals surface area contributed by atoms with Crippen molar-refractivity contribution in [3.05, 3.63) is 46.0 Å². The van der Waals surface area contributed by atoms with Crippen LogP contribution in [0.3, 0.4) is 0 Å². The number of nitrogens with one attached hydrogen (secondary N) is 1. The average Bonchev–Trinajstić information content (AvgIpc) is 2.85. The predicted octanol–water partition coefficient (Wildman–Crippen LogP) is 3.15. The molecule has 18 heavy (non-hydrogen) atoms. The molecule has 0 saturated heterocycles. The highest BCUT2D eigenvalue weighted by molar-refractivity contribution is 7.10. The van der Waals surface area contributed by atoms with Crippen LogP contribution in [0.2, 0.25) is 0 Å². The summed E-state index contributed by atoms with van der Waals surface area (Å²) in [5.74, 6) is -2.19. The van der Waals surface area contributed by atoms with E-state index in [0.29, 0.717) is 0 Å². The molecule has 0 aliphatic heterocycles. The molecule has 0 spiro atoms. The third kappa shape index (κ3) is 2.48. The van der Waals surface area contributed by atoms with E-state index >= 15 is 0 Å². The third-order valence-electron chi connectivity index (χ3n) is 2.44. The van der Waals surface area contributed by atoms with Gasteiger partial charge in [0, 0.05) is 11.1 Å². The molecule has 0 aliphatic carbocycles. The van der Waals surface area contributed by atoms with Crippen LogP contribution in [0.1, 0.15) is 28.2 Å². The number of pyridine rings is 1. The first-order chi connectivity index (χ1) is 8.59. The highest BCUT2D eigenvalue weighted by Gasteiger charge is 2.17. The molecule has 0 amide bonds. The summed E-state index contributed by atoms with van der Waals surface area (Å²) < 4.78 is 13.8. The Hall–Kier alpha value is -1.95. The minimum Gasteiger partial charge on any atom is -0.478 e. The number of hydrogen-bond donors (Lipinski definition) is 2. The number of anilines is 1. The fourth-order valence-corrected chi connectivity index (χ4v) is 2.26. The van der Waals surface area contributed by atoms with Crippen LogP contribution in [-0.2, 0) is 0 Å². The van der Waals surface area contributed by atoms with Gasteiger partial charge in [-0.2, -0.15) is 0 Å². The van der Waals surface area contributed by atoms with E-state index in [4.69, 9.17) is 5.11 Å². The maximum absolute atomic E-state index is 13.8. The number of rotatable bonds is 4. The lowest BCUT2D eigenvalue weighted by molar-refractivity contribution is 0.0692. The summed E-state index contributed by atoms with van der Waals surface area (Å²) in [6.07, 6.45) is 1.27. The first kappa shape index (κ1) is 12.5. The van der Waals surface area contributed by atoms with Crippen LogP contribution >= 0.6 is 11.3 Å². The second kappa shape index (κ2) is 5.14. The minimum absolute atomic E-state index is 0.0456. The van der Waals surface area contributed by atoms with Crippen LogP contribution in [-0.4, -0.2) is 16.1 Å². The van der Waals surface area contributed by atoms with Crippen molar-refractivity contribution in [3.8, 4) is 0 Å². The van der Waals surface area contributed by atoms with Gasteiger partial charge in [-0.1, -0.05) is 6.07 Å². The molecule has 1 unspecified atom stereocenters. The summed E-state index contributed by atoms with van der Waals surface area (Å²) >= 11 is 1.54. The molecule has 0 radical (unpaired) electrons. The number of aromatic nitrogens is 1. The van der Waals surface area contributed by atoms with E-state index in [9.17, 15) is 9.18 Å². The van der Waals surface area contributed by atoms with Crippen LogP contribution in [0.4, 0.5) is 10.2 Å². The largest absolute Gasteiger partial charge is 0.478 e. The van der Waals surface area contributed by atoms with Crippen molar-refractivity contribution in [3.63, 3.8) is 0 Å². The topological polar surface area (TPSA) is 62.2 Å². The number of carboxylic acid groups (broad SMARTS) is 1. The first-order valence-electron chi connectivity index (χ1n) is 5.27. The predicted molar refractivity (Wildman–Crippen MR) is 67.5 cm³/mol. The molecule has 0 fully saturated rings. The minimum atomic E-state index is -1.30. The van der Waals surface area contributed by atoms with Crippen molar-refractivity contribution in [1.82, 2.24) is 4.98 Å². The van der Waals surface area contributed by atoms with Gasteiger partial charge in [0.2, 0.25) is 0 Å². The number of thiophene rings is 1. The zero-order valence-corrected chi connectivity index (χ0v) is 10.4. The van der Waals surface area contributed by atoms with Crippen LogP contribution in [0.25, 0.3) is 0 Å². The van der Waals surface area contributed by atoms with E-state index < -0.39 is 11.8 Å². The van der Waals surface area contributed by atoms with Crippen molar-refractivity contribution >= 4 is 23.1 Å². The molecule has 2 aromatic heterocycles. The Morgan fingerprint density at radius 2 is 2.33 bits per heavy atom. The van der Waals surface area contributed by atoms with E-state index in [1.807, 2.05) is 24.4 Å². The van der Waals surface area contributed by atoms with Gasteiger partial charge in [-0.25, -0.2) is 14.2 Å². The van der Waals surface area contributed by atoms with Crippen LogP contribution in [0.5, 0.6) is 0 Å². The quantitative estimate of drug-likeness (QED) is 0.892. The summed E-state index contributed by atoms with van der Waals surface area (Å²) in [6, 6.07) is 4.83. The molecule has 1 atom stereocenters. The second-order valence-electron chi connectivity index (χ2n) is 3.71. The number of hydrogen-bond acceptors (Lipinski definition) is 4. The molecule has 0 aliphatic rings. The Bertz CT molecular complexity index is 557. The summed E-state index contributed by atoms with van der Waals surface area (Å²) in [6.45, 7) is 1.86. The zero-order valence-electron chi connectivity index (χ0n) is 9.55. The highest BCUT2D eigenvalue weighted by atomic mass is 32.1. The van der Waals surface area contributed by atoms with E-state index in [0.717, 1.165) is 10.9 Å². The van der Waals surface area contributed by atoms with Gasteiger partial charge in [0.15, 0.2) is 11.6 Å². The normalized spacial score (nSPS) is 12.1. The molecule has 2 heterocycles. The standard InChI is InChI=1S/C12H11FN2O2S/c1-7(9-3-2-6-18-9)15-11-10(13)8(12(16)17)4-5-14-11/h2-7H,1H3,(H,14,15)(H,16,17). The lowest BCUT2D eigenvalue weighted by Crippen LogP contribution is -2.11. The molecular formula is C12H11FN2O2S. The SMILES string of the molecule is CC(Nc1nccc(C(=O)O)c1F)c1cccs1. The van der Waals surface area contributed by atoms with Crippen molar-refractivity contribution in [2.45, 2.75) is 13.0 Å². The van der Waals surface area contributed by atoms with Crippen molar-refractivity contribution in [2.24, 2.45) is 0 Å². The molecule has 2 aromatic rings. The number of nitrogens with zero attached hydrogens (tertiary/aromatic N) is 1. The van der Waals surface area contributed by atoms with Crippen LogP contribution in [0.15, 0.2) is 29.8 Å². The second-order valence-corrected chi connectivity index (χ2v) is 4.69. The Labute approximate surface area is 107 Å². The van der Waals surface area contributed by atoms with E-state index in [1.165, 1.54) is 17.5 Å². The van der Waals surface area contributed by atoms with Crippen molar-refractivity contribution in [2.75, 3.05) is 5.32 Å². The molecule has 0 bridgehead atoms. The molecular weight excluding hydrogens is 255 g/mol. The number of carbonyl (C=O) groups is 1. The Morgan fingerprint density at radius 3 is 2.94 bits per heavy atom. The smallest absolute Gasteiger partial charge is 0.338 e. The van der Waals surface area contributed by atoms with E-state index in [-0.39, 0.29) is 17.4 Å². The zero-order chi connectivity index (χ0) is 13.1. The Morgan fingerprint density at radius 1 is 1.56 bits per heavy atom. The summed E-state index contributed by atoms with van der Waals surface area (Å²) in [5, 5.41) is 13.6. The van der Waals surface area contributed by atoms with Crippen LogP contribution < -0.4 is 5.32 Å². The van der Waals surface area contributed by atoms with E-state index in [2.05, 4.69) is 10.3 Å². The monoisotopic (exact) mass is 266 g/mol. The molecule has 0 aromatic carbocycles. The fourth-order valence-electron chi connectivity index (χ4n) is 1.52. The first-order valence-corrected chi connectivity index (χ1v) is 6.15. The van der Waals surface area contributed by atoms with Crippen molar-refractivity contribution in [1.29, 1.82) is 0 Å². The third-order valence-corrected chi connectivity index (χ3v) is 3.50. The van der Waals surface area contributed by atoms with Gasteiger partial charge in [0.25, 0.3) is 0 Å². The Balaban J connectivity index is 2.24. The summed E-state index contributed by atoms with van der Waals surface area (Å²) in [4.78, 5) is 15.6. The maximum atomic E-state index is 13.8. The average molecular weight is 266 g/mol. The van der Waals surface area contributed by atoms with Gasteiger partial charge in [-0.3, -0.25) is 0 Å². The fraction of sp³-hybridized carbons (Fsp3) is 0.167. The molecule has 0 saturated carbocycles. The van der Waals surface area contributed by atoms with Gasteiger partial charge < -0.3 is 10.4 Å². The molecule has 2 N–H and O–H groups in total. The number of halogens is 1. The van der Waals surface area contributed by atoms with Gasteiger partial charge in [-0.15, -0.1) is 11.3 Å². The maximum Gasteiger partial charge on any atom is 0.338 e. The van der Waals surface area contributed by atoms with Gasteiger partial charge in [0.1, 0.15) is 5.56 Å². The highest BCUT2D eigenvalue weighted by Crippen LogP contribution is 2.24. The van der Waals surface area contributed by atoms with Gasteiger partial charge in [0.05, 0.1) is 6.04 Å². The molecule has 2 rings (SSSR count). The number of aromatic carboxylic acids is 1. The lowest BCUT2D eigenvalue weighted by Gasteiger charge is -2.13. The number of carboxylic acids is 1. The van der Waals surface area contributed by atoms with Crippen LogP contribution in [0, 0.1) is 5.82 Å². The lowest BCUT2D eigenvalue weighted by atomic mass is 10.2. The summed E-state index contributed by atoms with van der Waals surface area (Å²) in [5.41, 5.74) is -0.383. The molecule has 6 heteroatoms. The molecule has 94 valence electrons. The molecule has 4 nitrogen and oxygen atoms in total.